The van der Waals surface area contributed by atoms with Crippen molar-refractivity contribution in [3.05, 3.63) is 0 Å². The molecule has 1 atom stereocenters. The minimum absolute atomic E-state index is 0.273. The smallest absolute Gasteiger partial charge is 0.328 e. The molecule has 0 unspecified atom stereocenters. The summed E-state index contributed by atoms with van der Waals surface area (Å²) >= 11 is 0. The van der Waals surface area contributed by atoms with Gasteiger partial charge < -0.3 is 15.8 Å². The number of rotatable bonds is 3. The molecule has 0 aromatic heterocycles. The number of ether oxygens (including phenoxy) is 1. The number of methoxy groups -OCH3 is 1. The minimum atomic E-state index is -0.734. The quantitative estimate of drug-likeness (QED) is 0.563. The lowest BCUT2D eigenvalue weighted by Crippen LogP contribution is -2.48. The van der Waals surface area contributed by atoms with Gasteiger partial charge in [-0.15, -0.1) is 0 Å². The van der Waals surface area contributed by atoms with Crippen molar-refractivity contribution in [2.45, 2.75) is 31.3 Å². The zero-order valence-corrected chi connectivity index (χ0v) is 7.79. The van der Waals surface area contributed by atoms with Crippen molar-refractivity contribution in [3.63, 3.8) is 0 Å². The Balaban J connectivity index is 2.40. The molecule has 0 spiro atoms. The second kappa shape index (κ2) is 3.33. The third-order valence-electron chi connectivity index (χ3n) is 2.14. The van der Waals surface area contributed by atoms with Crippen LogP contribution in [0.25, 0.3) is 0 Å². The van der Waals surface area contributed by atoms with Gasteiger partial charge in [-0.05, 0) is 19.8 Å². The number of carbonyl (C=O) groups excluding carboxylic acids is 2. The number of hydrogen-bond donors (Lipinski definition) is 2. The Morgan fingerprint density at radius 1 is 1.54 bits per heavy atom. The van der Waals surface area contributed by atoms with Crippen LogP contribution in [-0.4, -0.2) is 30.6 Å². The van der Waals surface area contributed by atoms with Crippen molar-refractivity contribution < 1.29 is 14.3 Å². The molecule has 5 heteroatoms. The molecule has 1 saturated carbocycles. The molecule has 0 radical (unpaired) electrons. The van der Waals surface area contributed by atoms with Gasteiger partial charge in [0.15, 0.2) is 0 Å². The van der Waals surface area contributed by atoms with Crippen molar-refractivity contribution in [3.8, 4) is 0 Å². The fourth-order valence-electron chi connectivity index (χ4n) is 0.938. The minimum Gasteiger partial charge on any atom is -0.467 e. The van der Waals surface area contributed by atoms with Crippen molar-refractivity contribution in [2.75, 3.05) is 7.11 Å². The summed E-state index contributed by atoms with van der Waals surface area (Å²) in [6, 6.07) is -0.626. The van der Waals surface area contributed by atoms with Gasteiger partial charge in [0.05, 0.1) is 12.6 Å². The number of nitrogens with one attached hydrogen (secondary N) is 1. The van der Waals surface area contributed by atoms with Crippen molar-refractivity contribution in [2.24, 2.45) is 5.73 Å². The molecule has 1 amide bonds. The molecule has 0 heterocycles. The highest BCUT2D eigenvalue weighted by Crippen LogP contribution is 2.32. The topological polar surface area (TPSA) is 81.4 Å². The molecule has 0 aliphatic heterocycles. The van der Waals surface area contributed by atoms with E-state index in [-0.39, 0.29) is 5.91 Å². The average Bonchev–Trinajstić information content (AvgIpc) is 2.83. The molecule has 1 rings (SSSR count). The van der Waals surface area contributed by atoms with Crippen LogP contribution < -0.4 is 11.1 Å². The molecule has 0 aromatic rings. The number of carbonyl (C=O) groups is 2. The normalized spacial score (nSPS) is 20.2. The summed E-state index contributed by atoms with van der Waals surface area (Å²) in [7, 11) is 1.28. The number of esters is 1. The number of amides is 1. The maximum atomic E-state index is 11.3. The average molecular weight is 186 g/mol. The van der Waals surface area contributed by atoms with E-state index >= 15 is 0 Å². The van der Waals surface area contributed by atoms with E-state index in [0.717, 1.165) is 0 Å². The van der Waals surface area contributed by atoms with Gasteiger partial charge >= 0.3 is 5.97 Å². The van der Waals surface area contributed by atoms with E-state index in [1.54, 1.807) is 6.92 Å². The maximum Gasteiger partial charge on any atom is 0.328 e. The Bertz CT molecular complexity index is 236. The second-order valence-electron chi connectivity index (χ2n) is 3.37. The Hall–Kier alpha value is -1.10. The van der Waals surface area contributed by atoms with Crippen LogP contribution in [0, 0.1) is 0 Å². The SMILES string of the molecule is COC(=O)[C@H](C)NC(=O)C1(N)CC1. The standard InChI is InChI=1S/C8H14N2O3/c1-5(6(11)13-2)10-7(12)8(9)3-4-8/h5H,3-4,9H2,1-2H3,(H,10,12)/t5-/m0/s1. The lowest BCUT2D eigenvalue weighted by atomic mass is 10.2. The molecule has 13 heavy (non-hydrogen) atoms. The van der Waals surface area contributed by atoms with Gasteiger partial charge in [-0.2, -0.15) is 0 Å². The van der Waals surface area contributed by atoms with Crippen LogP contribution >= 0.6 is 0 Å². The van der Waals surface area contributed by atoms with E-state index in [9.17, 15) is 9.59 Å². The number of hydrogen-bond acceptors (Lipinski definition) is 4. The van der Waals surface area contributed by atoms with Crippen LogP contribution in [0.15, 0.2) is 0 Å². The van der Waals surface area contributed by atoms with E-state index in [1.807, 2.05) is 0 Å². The highest BCUT2D eigenvalue weighted by molar-refractivity contribution is 5.92. The molecule has 74 valence electrons. The van der Waals surface area contributed by atoms with Gasteiger partial charge in [-0.3, -0.25) is 4.79 Å². The Labute approximate surface area is 76.6 Å². The molecule has 0 saturated heterocycles. The fourth-order valence-corrected chi connectivity index (χ4v) is 0.938. The molecule has 0 aromatic carbocycles. The monoisotopic (exact) mass is 186 g/mol. The third kappa shape index (κ3) is 2.18. The predicted octanol–water partition coefficient (Wildman–Crippen LogP) is -0.845. The molecular weight excluding hydrogens is 172 g/mol. The molecule has 1 fully saturated rings. The van der Waals surface area contributed by atoms with Gasteiger partial charge in [-0.1, -0.05) is 0 Å². The summed E-state index contributed by atoms with van der Waals surface area (Å²) in [5, 5.41) is 2.49. The van der Waals surface area contributed by atoms with Crippen LogP contribution in [0.1, 0.15) is 19.8 Å². The van der Waals surface area contributed by atoms with Gasteiger partial charge in [0.25, 0.3) is 0 Å². The van der Waals surface area contributed by atoms with Crippen LogP contribution in [0.4, 0.5) is 0 Å². The zero-order chi connectivity index (χ0) is 10.1. The summed E-state index contributed by atoms with van der Waals surface area (Å²) in [6.07, 6.45) is 1.37. The Morgan fingerprint density at radius 3 is 2.46 bits per heavy atom. The first-order valence-corrected chi connectivity index (χ1v) is 4.17. The first-order chi connectivity index (χ1) is 5.99. The van der Waals surface area contributed by atoms with Crippen molar-refractivity contribution >= 4 is 11.9 Å². The summed E-state index contributed by atoms with van der Waals surface area (Å²) < 4.78 is 4.45. The molecule has 0 bridgehead atoms. The molecule has 3 N–H and O–H groups in total. The van der Waals surface area contributed by atoms with E-state index in [4.69, 9.17) is 5.73 Å². The van der Waals surface area contributed by atoms with Crippen LogP contribution in [0.3, 0.4) is 0 Å². The van der Waals surface area contributed by atoms with Crippen molar-refractivity contribution in [1.29, 1.82) is 0 Å². The van der Waals surface area contributed by atoms with Gasteiger partial charge in [0.1, 0.15) is 6.04 Å². The van der Waals surface area contributed by atoms with E-state index in [2.05, 4.69) is 10.1 Å². The molecule has 5 nitrogen and oxygen atoms in total. The Kier molecular flexibility index (Phi) is 2.56. The van der Waals surface area contributed by atoms with Gasteiger partial charge in [0.2, 0.25) is 5.91 Å². The molecule has 1 aliphatic rings. The van der Waals surface area contributed by atoms with Gasteiger partial charge in [0, 0.05) is 0 Å². The zero-order valence-electron chi connectivity index (χ0n) is 7.79. The van der Waals surface area contributed by atoms with E-state index in [1.165, 1.54) is 7.11 Å². The lowest BCUT2D eigenvalue weighted by Gasteiger charge is -2.14. The highest BCUT2D eigenvalue weighted by atomic mass is 16.5. The number of nitrogens with two attached hydrogens (primary N) is 1. The lowest BCUT2D eigenvalue weighted by molar-refractivity contribution is -0.144. The van der Waals surface area contributed by atoms with Crippen LogP contribution in [0.2, 0.25) is 0 Å². The van der Waals surface area contributed by atoms with Crippen LogP contribution in [0.5, 0.6) is 0 Å². The first kappa shape index (κ1) is 9.98. The molecular formula is C8H14N2O3. The third-order valence-corrected chi connectivity index (χ3v) is 2.14. The predicted molar refractivity (Wildman–Crippen MR) is 45.8 cm³/mol. The largest absolute Gasteiger partial charge is 0.467 e. The summed E-state index contributed by atoms with van der Waals surface area (Å²) in [4.78, 5) is 22.2. The molecule has 1 aliphatic carbocycles. The first-order valence-electron chi connectivity index (χ1n) is 4.17. The summed E-state index contributed by atoms with van der Waals surface area (Å²) in [5.74, 6) is -0.733. The van der Waals surface area contributed by atoms with E-state index < -0.39 is 17.6 Å². The van der Waals surface area contributed by atoms with E-state index in [0.29, 0.717) is 12.8 Å². The highest BCUT2D eigenvalue weighted by Gasteiger charge is 2.46. The summed E-state index contributed by atoms with van der Waals surface area (Å²) in [5.41, 5.74) is 4.88. The summed E-state index contributed by atoms with van der Waals surface area (Å²) in [6.45, 7) is 1.56. The Morgan fingerprint density at radius 2 is 2.08 bits per heavy atom. The second-order valence-corrected chi connectivity index (χ2v) is 3.37. The maximum absolute atomic E-state index is 11.3. The fraction of sp³-hybridized carbons (Fsp3) is 0.750. The van der Waals surface area contributed by atoms with Crippen LogP contribution in [-0.2, 0) is 14.3 Å². The van der Waals surface area contributed by atoms with Crippen molar-refractivity contribution in [1.82, 2.24) is 5.32 Å². The van der Waals surface area contributed by atoms with Gasteiger partial charge in [-0.25, -0.2) is 4.79 Å².